The van der Waals surface area contributed by atoms with E-state index in [0.717, 1.165) is 17.9 Å². The van der Waals surface area contributed by atoms with Gasteiger partial charge in [0.15, 0.2) is 0 Å². The Kier molecular flexibility index (Phi) is 5.31. The Bertz CT molecular complexity index is 908. The lowest BCUT2D eigenvalue weighted by atomic mass is 9.87. The molecule has 2 aliphatic heterocycles. The molecule has 1 aliphatic carbocycles. The lowest BCUT2D eigenvalue weighted by molar-refractivity contribution is 0.0764. The standard InChI is InChI=1S/C22H29N5O3/c28-21(16-6-7-19-20(10-16)24-25-23-19)26-11-17-13-27(14-18(17)12-26)22(29)30-9-8-15-4-2-1-3-5-15/h6-7,10,15,17-18H,1-5,8-9,11-14H2,(H,23,24,25). The van der Waals surface area contributed by atoms with Crippen molar-refractivity contribution in [1.29, 1.82) is 0 Å². The fourth-order valence-electron chi connectivity index (χ4n) is 5.34. The molecule has 5 rings (SSSR count). The zero-order valence-corrected chi connectivity index (χ0v) is 17.3. The topological polar surface area (TPSA) is 91.4 Å². The van der Waals surface area contributed by atoms with E-state index in [9.17, 15) is 9.59 Å². The fraction of sp³-hybridized carbons (Fsp3) is 0.636. The summed E-state index contributed by atoms with van der Waals surface area (Å²) >= 11 is 0. The normalized spacial score (nSPS) is 24.4. The molecule has 2 atom stereocenters. The molecule has 1 saturated carbocycles. The zero-order chi connectivity index (χ0) is 20.5. The lowest BCUT2D eigenvalue weighted by Gasteiger charge is -2.23. The molecule has 1 N–H and O–H groups in total. The second kappa shape index (κ2) is 8.24. The minimum atomic E-state index is -0.186. The molecule has 30 heavy (non-hydrogen) atoms. The summed E-state index contributed by atoms with van der Waals surface area (Å²) in [5.41, 5.74) is 2.08. The first-order valence-electron chi connectivity index (χ1n) is 11.2. The number of aromatic amines is 1. The molecule has 0 radical (unpaired) electrons. The number of amides is 2. The smallest absolute Gasteiger partial charge is 0.409 e. The minimum absolute atomic E-state index is 0.0240. The molecule has 3 aliphatic rings. The van der Waals surface area contributed by atoms with Crippen molar-refractivity contribution in [3.8, 4) is 0 Å². The van der Waals surface area contributed by atoms with Crippen LogP contribution in [0.4, 0.5) is 4.79 Å². The lowest BCUT2D eigenvalue weighted by Crippen LogP contribution is -2.36. The van der Waals surface area contributed by atoms with Crippen LogP contribution in [0, 0.1) is 17.8 Å². The highest BCUT2D eigenvalue weighted by Crippen LogP contribution is 2.32. The van der Waals surface area contributed by atoms with Gasteiger partial charge >= 0.3 is 6.09 Å². The van der Waals surface area contributed by atoms with Crippen LogP contribution >= 0.6 is 0 Å². The van der Waals surface area contributed by atoms with Crippen molar-refractivity contribution in [2.45, 2.75) is 38.5 Å². The Balaban J connectivity index is 1.10. The van der Waals surface area contributed by atoms with Crippen LogP contribution in [0.2, 0.25) is 0 Å². The predicted octanol–water partition coefficient (Wildman–Crippen LogP) is 3.07. The Labute approximate surface area is 175 Å². The van der Waals surface area contributed by atoms with E-state index in [1.165, 1.54) is 32.1 Å². The molecule has 1 aromatic heterocycles. The molecule has 3 heterocycles. The van der Waals surface area contributed by atoms with Gasteiger partial charge in [-0.15, -0.1) is 0 Å². The molecular weight excluding hydrogens is 382 g/mol. The second-order valence-electron chi connectivity index (χ2n) is 9.07. The van der Waals surface area contributed by atoms with Crippen molar-refractivity contribution >= 4 is 23.0 Å². The van der Waals surface area contributed by atoms with E-state index < -0.39 is 0 Å². The number of nitrogens with zero attached hydrogens (tertiary/aromatic N) is 4. The van der Waals surface area contributed by atoms with Gasteiger partial charge in [0, 0.05) is 43.6 Å². The second-order valence-corrected chi connectivity index (χ2v) is 9.07. The molecule has 3 fully saturated rings. The van der Waals surface area contributed by atoms with Gasteiger partial charge < -0.3 is 14.5 Å². The number of nitrogens with one attached hydrogen (secondary N) is 1. The van der Waals surface area contributed by atoms with E-state index in [4.69, 9.17) is 4.74 Å². The maximum Gasteiger partial charge on any atom is 0.409 e. The van der Waals surface area contributed by atoms with Gasteiger partial charge in [-0.05, 0) is 30.5 Å². The number of rotatable bonds is 4. The van der Waals surface area contributed by atoms with Crippen LogP contribution in [0.1, 0.15) is 48.9 Å². The number of benzene rings is 1. The van der Waals surface area contributed by atoms with Gasteiger partial charge in [-0.1, -0.05) is 32.1 Å². The Morgan fingerprint density at radius 2 is 1.67 bits per heavy atom. The number of carbonyl (C=O) groups is 2. The van der Waals surface area contributed by atoms with E-state index in [1.807, 2.05) is 15.9 Å². The summed E-state index contributed by atoms with van der Waals surface area (Å²) in [4.78, 5) is 29.1. The molecule has 1 aromatic carbocycles. The number of likely N-dealkylation sites (tertiary alicyclic amines) is 2. The molecule has 2 saturated heterocycles. The van der Waals surface area contributed by atoms with Crippen molar-refractivity contribution in [2.24, 2.45) is 17.8 Å². The van der Waals surface area contributed by atoms with Crippen LogP contribution in [0.5, 0.6) is 0 Å². The Morgan fingerprint density at radius 1 is 0.967 bits per heavy atom. The number of carbonyl (C=O) groups excluding carboxylic acids is 2. The van der Waals surface area contributed by atoms with Crippen LogP contribution in [-0.4, -0.2) is 70.0 Å². The number of H-pyrrole nitrogens is 1. The molecule has 8 nitrogen and oxygen atoms in total. The van der Waals surface area contributed by atoms with Crippen molar-refractivity contribution in [1.82, 2.24) is 25.2 Å². The highest BCUT2D eigenvalue weighted by atomic mass is 16.6. The van der Waals surface area contributed by atoms with E-state index in [0.29, 0.717) is 55.7 Å². The molecule has 2 aromatic rings. The van der Waals surface area contributed by atoms with Gasteiger partial charge in [0.2, 0.25) is 0 Å². The minimum Gasteiger partial charge on any atom is -0.449 e. The largest absolute Gasteiger partial charge is 0.449 e. The SMILES string of the molecule is O=C(OCCC1CCCCC1)N1CC2CN(C(=O)c3ccc4n[nH]nc4c3)CC2C1. The summed E-state index contributed by atoms with van der Waals surface area (Å²) in [6.07, 6.45) is 7.34. The van der Waals surface area contributed by atoms with Crippen LogP contribution in [-0.2, 0) is 4.74 Å². The van der Waals surface area contributed by atoms with E-state index in [-0.39, 0.29) is 12.0 Å². The number of aromatic nitrogens is 3. The maximum atomic E-state index is 12.9. The maximum absolute atomic E-state index is 12.9. The first-order chi connectivity index (χ1) is 14.7. The average molecular weight is 412 g/mol. The molecule has 0 bridgehead atoms. The summed E-state index contributed by atoms with van der Waals surface area (Å²) in [5.74, 6) is 1.41. The zero-order valence-electron chi connectivity index (χ0n) is 17.3. The molecular formula is C22H29N5O3. The summed E-state index contributed by atoms with van der Waals surface area (Å²) < 4.78 is 5.56. The highest BCUT2D eigenvalue weighted by molar-refractivity contribution is 5.97. The summed E-state index contributed by atoms with van der Waals surface area (Å²) in [6.45, 7) is 3.26. The fourth-order valence-corrected chi connectivity index (χ4v) is 5.34. The number of fused-ring (bicyclic) bond motifs is 2. The van der Waals surface area contributed by atoms with Crippen LogP contribution in [0.15, 0.2) is 18.2 Å². The third kappa shape index (κ3) is 3.87. The highest BCUT2D eigenvalue weighted by Gasteiger charge is 2.43. The number of hydrogen-bond acceptors (Lipinski definition) is 5. The molecule has 2 unspecified atom stereocenters. The number of hydrogen-bond donors (Lipinski definition) is 1. The van der Waals surface area contributed by atoms with Gasteiger partial charge in [0.05, 0.1) is 6.61 Å². The van der Waals surface area contributed by atoms with Gasteiger partial charge in [0.1, 0.15) is 11.0 Å². The Hall–Kier alpha value is -2.64. The van der Waals surface area contributed by atoms with E-state index in [1.54, 1.807) is 12.1 Å². The molecule has 160 valence electrons. The van der Waals surface area contributed by atoms with Gasteiger partial charge in [-0.25, -0.2) is 4.79 Å². The molecule has 8 heteroatoms. The van der Waals surface area contributed by atoms with Gasteiger partial charge in [-0.2, -0.15) is 15.4 Å². The molecule has 2 amide bonds. The first kappa shape index (κ1) is 19.3. The van der Waals surface area contributed by atoms with Gasteiger partial charge in [0.25, 0.3) is 5.91 Å². The van der Waals surface area contributed by atoms with Crippen molar-refractivity contribution < 1.29 is 14.3 Å². The third-order valence-corrected chi connectivity index (χ3v) is 7.07. The predicted molar refractivity (Wildman–Crippen MR) is 111 cm³/mol. The Morgan fingerprint density at radius 3 is 2.43 bits per heavy atom. The monoisotopic (exact) mass is 411 g/mol. The van der Waals surface area contributed by atoms with Crippen LogP contribution in [0.25, 0.3) is 11.0 Å². The summed E-state index contributed by atoms with van der Waals surface area (Å²) in [7, 11) is 0. The third-order valence-electron chi connectivity index (χ3n) is 7.07. The van der Waals surface area contributed by atoms with E-state index in [2.05, 4.69) is 15.4 Å². The average Bonchev–Trinajstić information content (AvgIpc) is 3.48. The summed E-state index contributed by atoms with van der Waals surface area (Å²) in [6, 6.07) is 5.40. The molecule has 0 spiro atoms. The van der Waals surface area contributed by atoms with Crippen LogP contribution in [0.3, 0.4) is 0 Å². The number of ether oxygens (including phenoxy) is 1. The van der Waals surface area contributed by atoms with Crippen molar-refractivity contribution in [3.63, 3.8) is 0 Å². The van der Waals surface area contributed by atoms with Gasteiger partial charge in [-0.3, -0.25) is 4.79 Å². The first-order valence-corrected chi connectivity index (χ1v) is 11.2. The summed E-state index contributed by atoms with van der Waals surface area (Å²) in [5, 5.41) is 10.7. The quantitative estimate of drug-likeness (QED) is 0.835. The van der Waals surface area contributed by atoms with Crippen LogP contribution < -0.4 is 0 Å². The van der Waals surface area contributed by atoms with E-state index >= 15 is 0 Å². The van der Waals surface area contributed by atoms with Crippen molar-refractivity contribution in [3.05, 3.63) is 23.8 Å². The van der Waals surface area contributed by atoms with Crippen molar-refractivity contribution in [2.75, 3.05) is 32.8 Å².